The van der Waals surface area contributed by atoms with Crippen molar-refractivity contribution in [2.24, 2.45) is 5.41 Å². The third-order valence-corrected chi connectivity index (χ3v) is 4.59. The van der Waals surface area contributed by atoms with Crippen LogP contribution in [0.4, 0.5) is 4.79 Å². The number of ether oxygens (including phenoxy) is 2. The number of esters is 1. The predicted molar refractivity (Wildman–Crippen MR) is 93.1 cm³/mol. The summed E-state index contributed by atoms with van der Waals surface area (Å²) >= 11 is 0. The van der Waals surface area contributed by atoms with E-state index in [0.717, 1.165) is 5.56 Å². The molecule has 1 fully saturated rings. The van der Waals surface area contributed by atoms with E-state index in [1.54, 1.807) is 13.0 Å². The molecule has 1 N–H and O–H groups in total. The molecule has 0 radical (unpaired) electrons. The van der Waals surface area contributed by atoms with Crippen LogP contribution in [0.2, 0.25) is 0 Å². The number of amides is 1. The fourth-order valence-electron chi connectivity index (χ4n) is 3.20. The topological polar surface area (TPSA) is 76.1 Å². The summed E-state index contributed by atoms with van der Waals surface area (Å²) in [6.07, 6.45) is 0.813. The molecular formula is C19H25NO5. The maximum absolute atomic E-state index is 12.7. The Labute approximate surface area is 148 Å². The minimum atomic E-state index is -1.01. The Morgan fingerprint density at radius 2 is 2.12 bits per heavy atom. The van der Waals surface area contributed by atoms with E-state index in [9.17, 15) is 14.7 Å². The first kappa shape index (κ1) is 19.0. The first-order chi connectivity index (χ1) is 12.0. The lowest BCUT2D eigenvalue weighted by Gasteiger charge is -2.44. The van der Waals surface area contributed by atoms with Crippen LogP contribution in [-0.2, 0) is 20.9 Å². The lowest BCUT2D eigenvalue weighted by atomic mass is 9.73. The van der Waals surface area contributed by atoms with Gasteiger partial charge < -0.3 is 19.5 Å². The van der Waals surface area contributed by atoms with Crippen molar-refractivity contribution in [3.8, 4) is 0 Å². The Morgan fingerprint density at radius 3 is 2.72 bits per heavy atom. The molecule has 0 spiro atoms. The molecule has 0 aliphatic carbocycles. The fraction of sp³-hybridized carbons (Fsp3) is 0.474. The molecule has 1 heterocycles. The zero-order valence-corrected chi connectivity index (χ0v) is 14.5. The molecule has 0 bridgehead atoms. The number of carbonyl (C=O) groups is 2. The first-order valence-corrected chi connectivity index (χ1v) is 8.45. The smallest absolute Gasteiger partial charge is 0.407 e. The van der Waals surface area contributed by atoms with E-state index >= 15 is 0 Å². The SMILES string of the molecule is C=CCC1(C(=O)OCC)CCN(C(=O)O)CC1OCc1ccccc1. The van der Waals surface area contributed by atoms with Crippen molar-refractivity contribution in [1.29, 1.82) is 0 Å². The van der Waals surface area contributed by atoms with E-state index < -0.39 is 17.6 Å². The summed E-state index contributed by atoms with van der Waals surface area (Å²) in [4.78, 5) is 25.4. The molecule has 0 aromatic heterocycles. The van der Waals surface area contributed by atoms with Crippen molar-refractivity contribution in [2.75, 3.05) is 19.7 Å². The van der Waals surface area contributed by atoms with Crippen molar-refractivity contribution < 1.29 is 24.2 Å². The van der Waals surface area contributed by atoms with Gasteiger partial charge >= 0.3 is 12.1 Å². The van der Waals surface area contributed by atoms with E-state index in [1.807, 2.05) is 30.3 Å². The van der Waals surface area contributed by atoms with E-state index in [2.05, 4.69) is 6.58 Å². The molecule has 2 atom stereocenters. The Morgan fingerprint density at radius 1 is 1.40 bits per heavy atom. The Balaban J connectivity index is 2.24. The molecule has 2 rings (SSSR count). The van der Waals surface area contributed by atoms with Gasteiger partial charge in [-0.2, -0.15) is 0 Å². The number of hydrogen-bond acceptors (Lipinski definition) is 4. The van der Waals surface area contributed by atoms with Gasteiger partial charge in [-0.3, -0.25) is 4.79 Å². The monoisotopic (exact) mass is 347 g/mol. The van der Waals surface area contributed by atoms with Crippen LogP contribution < -0.4 is 0 Å². The van der Waals surface area contributed by atoms with Gasteiger partial charge in [0.05, 0.1) is 25.9 Å². The highest BCUT2D eigenvalue weighted by Crippen LogP contribution is 2.39. The van der Waals surface area contributed by atoms with Crippen molar-refractivity contribution in [1.82, 2.24) is 4.90 Å². The number of nitrogens with zero attached hydrogens (tertiary/aromatic N) is 1. The van der Waals surface area contributed by atoms with Crippen LogP contribution in [0.1, 0.15) is 25.3 Å². The van der Waals surface area contributed by atoms with Crippen LogP contribution in [-0.4, -0.2) is 47.9 Å². The van der Waals surface area contributed by atoms with Crippen molar-refractivity contribution in [3.63, 3.8) is 0 Å². The third-order valence-electron chi connectivity index (χ3n) is 4.59. The van der Waals surface area contributed by atoms with E-state index in [1.165, 1.54) is 4.90 Å². The molecule has 1 aromatic rings. The molecule has 1 aromatic carbocycles. The van der Waals surface area contributed by atoms with Gasteiger partial charge in [-0.05, 0) is 25.3 Å². The van der Waals surface area contributed by atoms with Gasteiger partial charge in [-0.1, -0.05) is 36.4 Å². The average Bonchev–Trinajstić information content (AvgIpc) is 2.61. The van der Waals surface area contributed by atoms with E-state index in [4.69, 9.17) is 9.47 Å². The summed E-state index contributed by atoms with van der Waals surface area (Å²) < 4.78 is 11.3. The number of likely N-dealkylation sites (tertiary alicyclic amines) is 1. The third kappa shape index (κ3) is 4.39. The number of carboxylic acid groups (broad SMARTS) is 1. The lowest BCUT2D eigenvalue weighted by molar-refractivity contribution is -0.174. The van der Waals surface area contributed by atoms with Crippen LogP contribution in [0.25, 0.3) is 0 Å². The Hall–Kier alpha value is -2.34. The van der Waals surface area contributed by atoms with Gasteiger partial charge in [0.15, 0.2) is 0 Å². The van der Waals surface area contributed by atoms with Crippen molar-refractivity contribution in [3.05, 3.63) is 48.6 Å². The largest absolute Gasteiger partial charge is 0.465 e. The number of hydrogen-bond donors (Lipinski definition) is 1. The van der Waals surface area contributed by atoms with Crippen LogP contribution in [0.5, 0.6) is 0 Å². The molecule has 6 nitrogen and oxygen atoms in total. The number of piperidine rings is 1. The maximum atomic E-state index is 12.7. The van der Waals surface area contributed by atoms with Crippen LogP contribution in [0.15, 0.2) is 43.0 Å². The van der Waals surface area contributed by atoms with Gasteiger partial charge in [0.1, 0.15) is 5.41 Å². The molecule has 6 heteroatoms. The summed E-state index contributed by atoms with van der Waals surface area (Å²) in [7, 11) is 0. The van der Waals surface area contributed by atoms with Gasteiger partial charge in [-0.25, -0.2) is 4.79 Å². The average molecular weight is 347 g/mol. The molecular weight excluding hydrogens is 322 g/mol. The number of benzene rings is 1. The van der Waals surface area contributed by atoms with Gasteiger partial charge in [0.2, 0.25) is 0 Å². The summed E-state index contributed by atoms with van der Waals surface area (Å²) in [5, 5.41) is 9.32. The van der Waals surface area contributed by atoms with Gasteiger partial charge in [0, 0.05) is 6.54 Å². The highest BCUT2D eigenvalue weighted by atomic mass is 16.5. The van der Waals surface area contributed by atoms with Crippen LogP contribution >= 0.6 is 0 Å². The quantitative estimate of drug-likeness (QED) is 0.606. The fourth-order valence-corrected chi connectivity index (χ4v) is 3.20. The second-order valence-electron chi connectivity index (χ2n) is 6.13. The maximum Gasteiger partial charge on any atom is 0.407 e. The standard InChI is InChI=1S/C19H25NO5/c1-3-10-19(17(21)24-4-2)11-12-20(18(22)23)13-16(19)25-14-15-8-6-5-7-9-15/h3,5-9,16H,1,4,10-14H2,2H3,(H,22,23). The molecule has 1 saturated heterocycles. The molecule has 2 unspecified atom stereocenters. The van der Waals surface area contributed by atoms with Crippen molar-refractivity contribution in [2.45, 2.75) is 32.5 Å². The summed E-state index contributed by atoms with van der Waals surface area (Å²) in [6, 6.07) is 9.59. The molecule has 1 aliphatic heterocycles. The molecule has 0 saturated carbocycles. The zero-order chi connectivity index (χ0) is 18.3. The van der Waals surface area contributed by atoms with Gasteiger partial charge in [0.25, 0.3) is 0 Å². The minimum absolute atomic E-state index is 0.134. The predicted octanol–water partition coefficient (Wildman–Crippen LogP) is 3.08. The zero-order valence-electron chi connectivity index (χ0n) is 14.5. The summed E-state index contributed by atoms with van der Waals surface area (Å²) in [5.41, 5.74) is 0.0599. The van der Waals surface area contributed by atoms with Crippen LogP contribution in [0, 0.1) is 5.41 Å². The van der Waals surface area contributed by atoms with Crippen molar-refractivity contribution >= 4 is 12.1 Å². The highest BCUT2D eigenvalue weighted by Gasteiger charge is 2.50. The molecule has 1 aliphatic rings. The Kier molecular flexibility index (Phi) is 6.58. The highest BCUT2D eigenvalue weighted by molar-refractivity contribution is 5.79. The summed E-state index contributed by atoms with van der Waals surface area (Å²) in [6.45, 7) is 6.49. The van der Waals surface area contributed by atoms with E-state index in [-0.39, 0.29) is 25.7 Å². The van der Waals surface area contributed by atoms with E-state index in [0.29, 0.717) is 19.4 Å². The van der Waals surface area contributed by atoms with Crippen LogP contribution in [0.3, 0.4) is 0 Å². The number of allylic oxidation sites excluding steroid dienone is 1. The second kappa shape index (κ2) is 8.67. The summed E-state index contributed by atoms with van der Waals surface area (Å²) in [5.74, 6) is -0.349. The molecule has 136 valence electrons. The number of carbonyl (C=O) groups excluding carboxylic acids is 1. The minimum Gasteiger partial charge on any atom is -0.465 e. The Bertz CT molecular complexity index is 603. The number of rotatable bonds is 7. The first-order valence-electron chi connectivity index (χ1n) is 8.45. The second-order valence-corrected chi connectivity index (χ2v) is 6.13. The normalized spacial score (nSPS) is 23.1. The molecule has 25 heavy (non-hydrogen) atoms. The lowest BCUT2D eigenvalue weighted by Crippen LogP contribution is -2.57. The molecule has 1 amide bonds. The van der Waals surface area contributed by atoms with Gasteiger partial charge in [-0.15, -0.1) is 6.58 Å².